The summed E-state index contributed by atoms with van der Waals surface area (Å²) in [7, 11) is 1.75. The minimum Gasteiger partial charge on any atom is -0.480 e. The summed E-state index contributed by atoms with van der Waals surface area (Å²) in [6, 6.07) is 0. The molecule has 1 aromatic rings. The molecular weight excluding hydrogens is 206 g/mol. The Morgan fingerprint density at radius 3 is 2.79 bits per heavy atom. The molecule has 5 nitrogen and oxygen atoms in total. The van der Waals surface area contributed by atoms with Crippen LogP contribution in [0.15, 0.2) is 0 Å². The molecule has 0 saturated heterocycles. The van der Waals surface area contributed by atoms with Crippen LogP contribution >= 0.6 is 11.6 Å². The molecule has 0 fully saturated rings. The molecule has 0 spiro atoms. The summed E-state index contributed by atoms with van der Waals surface area (Å²) in [5.74, 6) is -0.886. The number of carboxylic acid groups (broad SMARTS) is 1. The van der Waals surface area contributed by atoms with Crippen molar-refractivity contribution in [3.8, 4) is 0 Å². The minimum absolute atomic E-state index is 0.0787. The molecular formula is C8H12ClN3O2. The number of rotatable bonds is 4. The summed E-state index contributed by atoms with van der Waals surface area (Å²) in [6.07, 6.45) is 0. The average molecular weight is 218 g/mol. The van der Waals surface area contributed by atoms with Gasteiger partial charge in [-0.3, -0.25) is 9.48 Å². The summed E-state index contributed by atoms with van der Waals surface area (Å²) >= 11 is 5.94. The molecule has 0 atom stereocenters. The van der Waals surface area contributed by atoms with Crippen LogP contribution in [0, 0.1) is 6.92 Å². The quantitative estimate of drug-likeness (QED) is 0.773. The molecule has 0 aromatic carbocycles. The van der Waals surface area contributed by atoms with E-state index in [1.54, 1.807) is 11.7 Å². The number of carboxylic acids is 1. The predicted molar refractivity (Wildman–Crippen MR) is 52.3 cm³/mol. The highest BCUT2D eigenvalue weighted by Crippen LogP contribution is 2.17. The van der Waals surface area contributed by atoms with Gasteiger partial charge in [0.1, 0.15) is 5.15 Å². The first-order valence-corrected chi connectivity index (χ1v) is 4.50. The van der Waals surface area contributed by atoms with Crippen LogP contribution in [0.1, 0.15) is 11.3 Å². The number of aromatic nitrogens is 2. The zero-order valence-corrected chi connectivity index (χ0v) is 8.80. The third kappa shape index (κ3) is 2.46. The number of nitrogens with one attached hydrogen (secondary N) is 1. The Labute approximate surface area is 86.7 Å². The van der Waals surface area contributed by atoms with Crippen molar-refractivity contribution < 1.29 is 9.90 Å². The van der Waals surface area contributed by atoms with Crippen LogP contribution in [0.3, 0.4) is 0 Å². The zero-order chi connectivity index (χ0) is 10.7. The highest BCUT2D eigenvalue weighted by molar-refractivity contribution is 6.30. The van der Waals surface area contributed by atoms with E-state index in [4.69, 9.17) is 16.7 Å². The van der Waals surface area contributed by atoms with E-state index >= 15 is 0 Å². The third-order valence-electron chi connectivity index (χ3n) is 1.85. The second-order valence-corrected chi connectivity index (χ2v) is 3.33. The Hall–Kier alpha value is -1.07. The number of hydrogen-bond donors (Lipinski definition) is 2. The highest BCUT2D eigenvalue weighted by atomic mass is 35.5. The van der Waals surface area contributed by atoms with Crippen LogP contribution in [-0.2, 0) is 18.4 Å². The van der Waals surface area contributed by atoms with Crippen molar-refractivity contribution in [3.05, 3.63) is 16.4 Å². The standard InChI is InChI=1S/C8H12ClN3O2/c1-5-6(3-10-4-7(13)14)8(9)12(2)11-5/h10H,3-4H2,1-2H3,(H,13,14). The predicted octanol–water partition coefficient (Wildman–Crippen LogP) is 0.556. The second kappa shape index (κ2) is 4.43. The van der Waals surface area contributed by atoms with E-state index < -0.39 is 5.97 Å². The summed E-state index contributed by atoms with van der Waals surface area (Å²) in [4.78, 5) is 10.2. The van der Waals surface area contributed by atoms with Gasteiger partial charge in [-0.25, -0.2) is 0 Å². The third-order valence-corrected chi connectivity index (χ3v) is 2.32. The smallest absolute Gasteiger partial charge is 0.317 e. The Balaban J connectivity index is 2.62. The lowest BCUT2D eigenvalue weighted by molar-refractivity contribution is -0.135. The maximum Gasteiger partial charge on any atom is 0.317 e. The van der Waals surface area contributed by atoms with Crippen LogP contribution < -0.4 is 5.32 Å². The maximum absolute atomic E-state index is 10.2. The number of carbonyl (C=O) groups is 1. The van der Waals surface area contributed by atoms with E-state index in [9.17, 15) is 4.79 Å². The molecule has 14 heavy (non-hydrogen) atoms. The second-order valence-electron chi connectivity index (χ2n) is 2.98. The fourth-order valence-corrected chi connectivity index (χ4v) is 1.41. The van der Waals surface area contributed by atoms with Crippen LogP contribution in [0.4, 0.5) is 0 Å². The Kier molecular flexibility index (Phi) is 3.49. The summed E-state index contributed by atoms with van der Waals surface area (Å²) in [6.45, 7) is 2.18. The first kappa shape index (κ1) is 11.0. The molecule has 78 valence electrons. The summed E-state index contributed by atoms with van der Waals surface area (Å²) < 4.78 is 1.56. The minimum atomic E-state index is -0.886. The number of hydrogen-bond acceptors (Lipinski definition) is 3. The fourth-order valence-electron chi connectivity index (χ4n) is 1.17. The number of nitrogens with zero attached hydrogens (tertiary/aromatic N) is 2. The lowest BCUT2D eigenvalue weighted by atomic mass is 10.2. The van der Waals surface area contributed by atoms with Crippen LogP contribution in [0.2, 0.25) is 5.15 Å². The van der Waals surface area contributed by atoms with E-state index in [0.717, 1.165) is 11.3 Å². The molecule has 1 heterocycles. The van der Waals surface area contributed by atoms with Crippen molar-refractivity contribution in [2.24, 2.45) is 7.05 Å². The maximum atomic E-state index is 10.2. The van der Waals surface area contributed by atoms with Crippen molar-refractivity contribution in [2.45, 2.75) is 13.5 Å². The van der Waals surface area contributed by atoms with Gasteiger partial charge in [0.05, 0.1) is 12.2 Å². The largest absolute Gasteiger partial charge is 0.480 e. The summed E-state index contributed by atoms with van der Waals surface area (Å²) in [5, 5.41) is 15.8. The zero-order valence-electron chi connectivity index (χ0n) is 8.04. The van der Waals surface area contributed by atoms with Gasteiger partial charge < -0.3 is 10.4 Å². The van der Waals surface area contributed by atoms with Crippen molar-refractivity contribution in [2.75, 3.05) is 6.54 Å². The van der Waals surface area contributed by atoms with Gasteiger partial charge in [0.15, 0.2) is 0 Å². The van der Waals surface area contributed by atoms with Gasteiger partial charge >= 0.3 is 5.97 Å². The molecule has 1 aromatic heterocycles. The van der Waals surface area contributed by atoms with Crippen LogP contribution in [0.25, 0.3) is 0 Å². The van der Waals surface area contributed by atoms with Gasteiger partial charge in [0.25, 0.3) is 0 Å². The fraction of sp³-hybridized carbons (Fsp3) is 0.500. The first-order chi connectivity index (χ1) is 6.52. The Bertz CT molecular complexity index is 349. The van der Waals surface area contributed by atoms with Crippen molar-refractivity contribution >= 4 is 17.6 Å². The van der Waals surface area contributed by atoms with Crippen molar-refractivity contribution in [1.82, 2.24) is 15.1 Å². The van der Waals surface area contributed by atoms with Gasteiger partial charge in [0.2, 0.25) is 0 Å². The van der Waals surface area contributed by atoms with Gasteiger partial charge in [0, 0.05) is 19.2 Å². The Morgan fingerprint density at radius 1 is 1.71 bits per heavy atom. The molecule has 1 rings (SSSR count). The van der Waals surface area contributed by atoms with Gasteiger partial charge in [-0.05, 0) is 6.92 Å². The van der Waals surface area contributed by atoms with Gasteiger partial charge in [-0.15, -0.1) is 0 Å². The number of aryl methyl sites for hydroxylation is 2. The highest BCUT2D eigenvalue weighted by Gasteiger charge is 2.10. The van der Waals surface area contributed by atoms with Crippen LogP contribution in [0.5, 0.6) is 0 Å². The topological polar surface area (TPSA) is 67.2 Å². The Morgan fingerprint density at radius 2 is 2.36 bits per heavy atom. The van der Waals surface area contributed by atoms with E-state index in [0.29, 0.717) is 11.7 Å². The van der Waals surface area contributed by atoms with Gasteiger partial charge in [-0.2, -0.15) is 5.10 Å². The number of aliphatic carboxylic acids is 1. The lowest BCUT2D eigenvalue weighted by Gasteiger charge is -2.00. The number of halogens is 1. The first-order valence-electron chi connectivity index (χ1n) is 4.13. The molecule has 0 bridgehead atoms. The molecule has 0 aliphatic heterocycles. The molecule has 0 aliphatic carbocycles. The SMILES string of the molecule is Cc1nn(C)c(Cl)c1CNCC(=O)O. The van der Waals surface area contributed by atoms with Crippen LogP contribution in [-0.4, -0.2) is 27.4 Å². The molecule has 0 aliphatic rings. The molecule has 0 unspecified atom stereocenters. The average Bonchev–Trinajstić information content (AvgIpc) is 2.31. The van der Waals surface area contributed by atoms with Gasteiger partial charge in [-0.1, -0.05) is 11.6 Å². The molecule has 2 N–H and O–H groups in total. The van der Waals surface area contributed by atoms with E-state index in [1.165, 1.54) is 0 Å². The normalized spacial score (nSPS) is 10.5. The molecule has 6 heteroatoms. The van der Waals surface area contributed by atoms with E-state index in [1.807, 2.05) is 6.92 Å². The monoisotopic (exact) mass is 217 g/mol. The lowest BCUT2D eigenvalue weighted by Crippen LogP contribution is -2.22. The van der Waals surface area contributed by atoms with Crippen molar-refractivity contribution in [3.63, 3.8) is 0 Å². The molecule has 0 saturated carbocycles. The molecule has 0 radical (unpaired) electrons. The van der Waals surface area contributed by atoms with E-state index in [2.05, 4.69) is 10.4 Å². The summed E-state index contributed by atoms with van der Waals surface area (Å²) in [5.41, 5.74) is 1.66. The molecule has 0 amide bonds. The van der Waals surface area contributed by atoms with Crippen molar-refractivity contribution in [1.29, 1.82) is 0 Å². The van der Waals surface area contributed by atoms with E-state index in [-0.39, 0.29) is 6.54 Å².